The van der Waals surface area contributed by atoms with Crippen molar-refractivity contribution in [2.75, 3.05) is 0 Å². The summed E-state index contributed by atoms with van der Waals surface area (Å²) in [6, 6.07) is -1.41. The normalized spacial score (nSPS) is 19.0. The number of nitrogens with one attached hydrogen (secondary N) is 3. The van der Waals surface area contributed by atoms with Gasteiger partial charge in [-0.05, 0) is 12.3 Å². The molecule has 1 saturated heterocycles. The van der Waals surface area contributed by atoms with E-state index in [9.17, 15) is 19.2 Å². The lowest BCUT2D eigenvalue weighted by molar-refractivity contribution is -0.138. The van der Waals surface area contributed by atoms with Crippen LogP contribution in [0.4, 0.5) is 0 Å². The van der Waals surface area contributed by atoms with Gasteiger partial charge in [-0.15, -0.1) is 0 Å². The third kappa shape index (κ3) is 6.37. The molecule has 1 fully saturated rings. The fraction of sp³-hybridized carbons (Fsp3) is 0.714. The summed E-state index contributed by atoms with van der Waals surface area (Å²) in [5, 5.41) is 7.26. The molecule has 21 heavy (non-hydrogen) atoms. The number of rotatable bonds is 4. The molecule has 1 heterocycles. The minimum absolute atomic E-state index is 0.0998. The van der Waals surface area contributed by atoms with Crippen LogP contribution in [0, 0.1) is 5.92 Å². The Labute approximate surface area is 125 Å². The molecule has 0 saturated carbocycles. The van der Waals surface area contributed by atoms with Gasteiger partial charge in [0.15, 0.2) is 0 Å². The average molecular weight is 299 g/mol. The van der Waals surface area contributed by atoms with Crippen LogP contribution in [-0.4, -0.2) is 35.7 Å². The van der Waals surface area contributed by atoms with Crippen LogP contribution in [0.2, 0.25) is 0 Å². The molecule has 1 rings (SSSR count). The molecule has 0 spiro atoms. The van der Waals surface area contributed by atoms with Crippen molar-refractivity contribution in [3.63, 3.8) is 0 Å². The lowest BCUT2D eigenvalue weighted by atomic mass is 10.0. The molecule has 0 aromatic rings. The van der Waals surface area contributed by atoms with Crippen molar-refractivity contribution >= 4 is 23.6 Å². The molecule has 0 radical (unpaired) electrons. The predicted molar refractivity (Wildman–Crippen MR) is 78.1 cm³/mol. The zero-order valence-electron chi connectivity index (χ0n) is 13.3. The third-order valence-corrected chi connectivity index (χ3v) is 2.86. The Bertz CT molecular complexity index is 407. The van der Waals surface area contributed by atoms with E-state index >= 15 is 0 Å². The minimum Gasteiger partial charge on any atom is -0.344 e. The topological polar surface area (TPSA) is 104 Å². The van der Waals surface area contributed by atoms with E-state index in [0.717, 1.165) is 0 Å². The van der Waals surface area contributed by atoms with E-state index in [4.69, 9.17) is 0 Å². The summed E-state index contributed by atoms with van der Waals surface area (Å²) in [5.41, 5.74) is 0. The number of imide groups is 1. The van der Waals surface area contributed by atoms with Gasteiger partial charge in [0.05, 0.1) is 0 Å². The van der Waals surface area contributed by atoms with Crippen LogP contribution < -0.4 is 16.0 Å². The molecule has 2 atom stereocenters. The van der Waals surface area contributed by atoms with Crippen molar-refractivity contribution in [2.24, 2.45) is 5.92 Å². The van der Waals surface area contributed by atoms with Gasteiger partial charge in [-0.2, -0.15) is 0 Å². The van der Waals surface area contributed by atoms with E-state index in [-0.39, 0.29) is 30.6 Å². The first kappa shape index (κ1) is 19.1. The van der Waals surface area contributed by atoms with Crippen LogP contribution in [0.5, 0.6) is 0 Å². The zero-order chi connectivity index (χ0) is 16.6. The van der Waals surface area contributed by atoms with E-state index < -0.39 is 23.9 Å². The van der Waals surface area contributed by atoms with Crippen LogP contribution in [0.15, 0.2) is 0 Å². The maximum atomic E-state index is 12.0. The van der Waals surface area contributed by atoms with Crippen molar-refractivity contribution in [3.05, 3.63) is 0 Å². The Kier molecular flexibility index (Phi) is 8.26. The second kappa shape index (κ2) is 9.10. The third-order valence-electron chi connectivity index (χ3n) is 2.86. The summed E-state index contributed by atoms with van der Waals surface area (Å²) in [5.74, 6) is -1.67. The lowest BCUT2D eigenvalue weighted by Crippen LogP contribution is -2.57. The summed E-state index contributed by atoms with van der Waals surface area (Å²) in [6.45, 7) is 8.92. The predicted octanol–water partition coefficient (Wildman–Crippen LogP) is 0.0947. The second-order valence-corrected chi connectivity index (χ2v) is 4.93. The molecule has 7 heteroatoms. The maximum Gasteiger partial charge on any atom is 0.249 e. The summed E-state index contributed by atoms with van der Waals surface area (Å²) in [7, 11) is 0. The first-order valence-electron chi connectivity index (χ1n) is 7.22. The fourth-order valence-electron chi connectivity index (χ4n) is 1.85. The number of piperidine rings is 1. The highest BCUT2D eigenvalue weighted by Crippen LogP contribution is 2.07. The minimum atomic E-state index is -0.722. The quantitative estimate of drug-likeness (QED) is 0.640. The molecule has 0 aromatic heterocycles. The van der Waals surface area contributed by atoms with E-state index in [2.05, 4.69) is 16.0 Å². The average Bonchev–Trinajstić information content (AvgIpc) is 2.41. The number of hydrogen-bond donors (Lipinski definition) is 3. The fourth-order valence-corrected chi connectivity index (χ4v) is 1.85. The Morgan fingerprint density at radius 2 is 1.81 bits per heavy atom. The van der Waals surface area contributed by atoms with Crippen molar-refractivity contribution in [1.82, 2.24) is 16.0 Å². The molecule has 3 N–H and O–H groups in total. The van der Waals surface area contributed by atoms with Crippen molar-refractivity contribution in [2.45, 2.75) is 59.5 Å². The van der Waals surface area contributed by atoms with Crippen molar-refractivity contribution in [3.8, 4) is 0 Å². The molecular formula is C14H25N3O4. The van der Waals surface area contributed by atoms with Gasteiger partial charge in [0.2, 0.25) is 23.6 Å². The second-order valence-electron chi connectivity index (χ2n) is 4.93. The SMILES string of the molecule is CC.CC(=O)NC(C(=O)NC1CCC(=O)NC1=O)C(C)C. The summed E-state index contributed by atoms with van der Waals surface area (Å²) in [6.07, 6.45) is 0.477. The van der Waals surface area contributed by atoms with Crippen LogP contribution in [0.3, 0.4) is 0 Å². The monoisotopic (exact) mass is 299 g/mol. The molecule has 0 aliphatic carbocycles. The molecule has 120 valence electrons. The largest absolute Gasteiger partial charge is 0.344 e. The van der Waals surface area contributed by atoms with Gasteiger partial charge in [-0.3, -0.25) is 24.5 Å². The molecule has 1 aliphatic rings. The molecule has 7 nitrogen and oxygen atoms in total. The molecular weight excluding hydrogens is 274 g/mol. The van der Waals surface area contributed by atoms with Crippen LogP contribution in [0.25, 0.3) is 0 Å². The van der Waals surface area contributed by atoms with Crippen molar-refractivity contribution in [1.29, 1.82) is 0 Å². The van der Waals surface area contributed by atoms with E-state index in [1.54, 1.807) is 13.8 Å². The Hall–Kier alpha value is -1.92. The first-order valence-corrected chi connectivity index (χ1v) is 7.22. The van der Waals surface area contributed by atoms with E-state index in [0.29, 0.717) is 0 Å². The summed E-state index contributed by atoms with van der Waals surface area (Å²) >= 11 is 0. The van der Waals surface area contributed by atoms with Crippen molar-refractivity contribution < 1.29 is 19.2 Å². The molecule has 2 unspecified atom stereocenters. The Balaban J connectivity index is 0.00000191. The first-order chi connectivity index (χ1) is 9.81. The maximum absolute atomic E-state index is 12.0. The van der Waals surface area contributed by atoms with E-state index in [1.165, 1.54) is 6.92 Å². The van der Waals surface area contributed by atoms with Gasteiger partial charge in [-0.25, -0.2) is 0 Å². The van der Waals surface area contributed by atoms with E-state index in [1.807, 2.05) is 13.8 Å². The van der Waals surface area contributed by atoms with Gasteiger partial charge in [0.25, 0.3) is 0 Å². The van der Waals surface area contributed by atoms with Crippen LogP contribution in [0.1, 0.15) is 47.5 Å². The highest BCUT2D eigenvalue weighted by molar-refractivity contribution is 6.02. The Morgan fingerprint density at radius 1 is 1.24 bits per heavy atom. The van der Waals surface area contributed by atoms with Gasteiger partial charge in [-0.1, -0.05) is 27.7 Å². The molecule has 4 amide bonds. The molecule has 0 bridgehead atoms. The standard InChI is InChI=1S/C12H19N3O4.C2H6/c1-6(2)10(13-7(3)16)12(19)14-8-4-5-9(17)15-11(8)18;1-2/h6,8,10H,4-5H2,1-3H3,(H,13,16)(H,14,19)(H,15,17,18);1-2H3. The summed E-state index contributed by atoms with van der Waals surface area (Å²) in [4.78, 5) is 45.6. The number of carbonyl (C=O) groups is 4. The summed E-state index contributed by atoms with van der Waals surface area (Å²) < 4.78 is 0. The van der Waals surface area contributed by atoms with Gasteiger partial charge in [0.1, 0.15) is 12.1 Å². The lowest BCUT2D eigenvalue weighted by Gasteiger charge is -2.26. The van der Waals surface area contributed by atoms with Gasteiger partial charge in [0, 0.05) is 13.3 Å². The highest BCUT2D eigenvalue weighted by Gasteiger charge is 2.31. The molecule has 1 aliphatic heterocycles. The van der Waals surface area contributed by atoms with Crippen LogP contribution >= 0.6 is 0 Å². The Morgan fingerprint density at radius 3 is 2.24 bits per heavy atom. The number of hydrogen-bond acceptors (Lipinski definition) is 4. The van der Waals surface area contributed by atoms with Gasteiger partial charge < -0.3 is 10.6 Å². The highest BCUT2D eigenvalue weighted by atomic mass is 16.2. The van der Waals surface area contributed by atoms with Crippen LogP contribution in [-0.2, 0) is 19.2 Å². The zero-order valence-corrected chi connectivity index (χ0v) is 13.3. The number of amides is 4. The molecule has 0 aromatic carbocycles. The van der Waals surface area contributed by atoms with Gasteiger partial charge >= 0.3 is 0 Å². The number of carbonyl (C=O) groups excluding carboxylic acids is 4. The smallest absolute Gasteiger partial charge is 0.249 e.